The predicted octanol–water partition coefficient (Wildman–Crippen LogP) is 2.13. The van der Waals surface area contributed by atoms with E-state index in [2.05, 4.69) is 11.9 Å². The summed E-state index contributed by atoms with van der Waals surface area (Å²) in [6.07, 6.45) is 7.69. The third-order valence-electron chi connectivity index (χ3n) is 4.74. The highest BCUT2D eigenvalue weighted by atomic mass is 16.2. The lowest BCUT2D eigenvalue weighted by molar-refractivity contribution is 0.0532. The summed E-state index contributed by atoms with van der Waals surface area (Å²) in [6, 6.07) is 8.01. The summed E-state index contributed by atoms with van der Waals surface area (Å²) in [7, 11) is 0. The molecular formula is C18H24N4O. The van der Waals surface area contributed by atoms with Crippen molar-refractivity contribution < 1.29 is 4.79 Å². The molecule has 1 aliphatic rings. The Hall–Kier alpha value is -2.14. The molecule has 5 nitrogen and oxygen atoms in total. The molecule has 23 heavy (non-hydrogen) atoms. The van der Waals surface area contributed by atoms with Gasteiger partial charge in [-0.3, -0.25) is 4.79 Å². The topological polar surface area (TPSA) is 64.2 Å². The lowest BCUT2D eigenvalue weighted by Crippen LogP contribution is -2.51. The zero-order valence-electron chi connectivity index (χ0n) is 13.6. The van der Waals surface area contributed by atoms with Gasteiger partial charge in [0.1, 0.15) is 0 Å². The molecule has 2 N–H and O–H groups in total. The first-order valence-electron chi connectivity index (χ1n) is 8.24. The fraction of sp³-hybridized carbons (Fsp3) is 0.444. The van der Waals surface area contributed by atoms with E-state index < -0.39 is 0 Å². The van der Waals surface area contributed by atoms with Crippen molar-refractivity contribution in [2.75, 3.05) is 13.1 Å². The van der Waals surface area contributed by atoms with Crippen molar-refractivity contribution >= 4 is 5.91 Å². The van der Waals surface area contributed by atoms with E-state index in [9.17, 15) is 4.79 Å². The first-order chi connectivity index (χ1) is 11.2. The lowest BCUT2D eigenvalue weighted by Gasteiger charge is -2.39. The molecule has 3 rings (SSSR count). The molecule has 1 aromatic heterocycles. The molecule has 1 saturated heterocycles. The number of rotatable bonds is 4. The van der Waals surface area contributed by atoms with Gasteiger partial charge in [-0.25, -0.2) is 4.98 Å². The minimum atomic E-state index is 0.0983. The summed E-state index contributed by atoms with van der Waals surface area (Å²) in [5.41, 5.74) is 7.79. The van der Waals surface area contributed by atoms with Crippen molar-refractivity contribution in [2.45, 2.75) is 32.4 Å². The number of likely N-dealkylation sites (tertiary alicyclic amines) is 1. The molecule has 0 aliphatic carbocycles. The highest BCUT2D eigenvalue weighted by molar-refractivity contribution is 5.94. The summed E-state index contributed by atoms with van der Waals surface area (Å²) in [4.78, 5) is 18.8. The molecule has 2 aromatic rings. The first-order valence-corrected chi connectivity index (χ1v) is 8.24. The van der Waals surface area contributed by atoms with Crippen molar-refractivity contribution in [1.82, 2.24) is 14.5 Å². The molecule has 1 aromatic carbocycles. The molecule has 2 unspecified atom stereocenters. The van der Waals surface area contributed by atoms with Crippen LogP contribution in [-0.4, -0.2) is 39.5 Å². The Balaban J connectivity index is 1.72. The van der Waals surface area contributed by atoms with E-state index in [1.165, 1.54) is 0 Å². The first kappa shape index (κ1) is 15.7. The van der Waals surface area contributed by atoms with E-state index >= 15 is 0 Å². The number of benzene rings is 1. The van der Waals surface area contributed by atoms with Crippen LogP contribution in [0, 0.1) is 5.92 Å². The number of carbonyl (C=O) groups is 1. The largest absolute Gasteiger partial charge is 0.334 e. The SMILES string of the molecule is CC1CCCN(C(=O)c2ccc(Cn3ccnc3)cc2)C1CN. The third kappa shape index (κ3) is 3.45. The predicted molar refractivity (Wildman–Crippen MR) is 90.0 cm³/mol. The zero-order chi connectivity index (χ0) is 16.2. The Bertz CT molecular complexity index is 636. The van der Waals surface area contributed by atoms with Gasteiger partial charge in [0.05, 0.1) is 6.33 Å². The fourth-order valence-electron chi connectivity index (χ4n) is 3.37. The lowest BCUT2D eigenvalue weighted by atomic mass is 9.90. The number of aromatic nitrogens is 2. The number of imidazole rings is 1. The highest BCUT2D eigenvalue weighted by Crippen LogP contribution is 2.24. The van der Waals surface area contributed by atoms with E-state index in [1.54, 1.807) is 12.5 Å². The summed E-state index contributed by atoms with van der Waals surface area (Å²) < 4.78 is 2.01. The maximum atomic E-state index is 12.8. The van der Waals surface area contributed by atoms with Crippen molar-refractivity contribution in [3.8, 4) is 0 Å². The van der Waals surface area contributed by atoms with Gasteiger partial charge in [0.2, 0.25) is 0 Å². The molecule has 1 fully saturated rings. The quantitative estimate of drug-likeness (QED) is 0.940. The zero-order valence-corrected chi connectivity index (χ0v) is 13.6. The van der Waals surface area contributed by atoms with Crippen LogP contribution in [0.15, 0.2) is 43.0 Å². The van der Waals surface area contributed by atoms with Crippen LogP contribution in [0.1, 0.15) is 35.7 Å². The number of nitrogens with two attached hydrogens (primary N) is 1. The molecule has 2 atom stereocenters. The maximum Gasteiger partial charge on any atom is 0.254 e. The van der Waals surface area contributed by atoms with Crippen LogP contribution in [0.4, 0.5) is 0 Å². The van der Waals surface area contributed by atoms with Crippen LogP contribution < -0.4 is 5.73 Å². The monoisotopic (exact) mass is 312 g/mol. The molecule has 1 aliphatic heterocycles. The van der Waals surface area contributed by atoms with Gasteiger partial charge in [0.25, 0.3) is 5.91 Å². The van der Waals surface area contributed by atoms with Gasteiger partial charge in [-0.2, -0.15) is 0 Å². The Labute approximate surface area is 137 Å². The van der Waals surface area contributed by atoms with Crippen LogP contribution >= 0.6 is 0 Å². The number of amides is 1. The number of carbonyl (C=O) groups excluding carboxylic acids is 1. The molecular weight excluding hydrogens is 288 g/mol. The Morgan fingerprint density at radius 3 is 2.78 bits per heavy atom. The minimum absolute atomic E-state index is 0.0983. The van der Waals surface area contributed by atoms with E-state index in [0.29, 0.717) is 12.5 Å². The highest BCUT2D eigenvalue weighted by Gasteiger charge is 2.31. The van der Waals surface area contributed by atoms with Gasteiger partial charge < -0.3 is 15.2 Å². The number of hydrogen-bond donors (Lipinski definition) is 1. The third-order valence-corrected chi connectivity index (χ3v) is 4.74. The normalized spacial score (nSPS) is 21.4. The molecule has 0 saturated carbocycles. The fourth-order valence-corrected chi connectivity index (χ4v) is 3.37. The smallest absolute Gasteiger partial charge is 0.254 e. The number of hydrogen-bond acceptors (Lipinski definition) is 3. The van der Waals surface area contributed by atoms with Gasteiger partial charge in [0.15, 0.2) is 0 Å². The van der Waals surface area contributed by atoms with E-state index in [0.717, 1.165) is 37.1 Å². The van der Waals surface area contributed by atoms with Crippen LogP contribution in [0.25, 0.3) is 0 Å². The molecule has 0 spiro atoms. The second-order valence-corrected chi connectivity index (χ2v) is 6.35. The second kappa shape index (κ2) is 6.96. The molecule has 0 radical (unpaired) electrons. The van der Waals surface area contributed by atoms with Crippen molar-refractivity contribution in [2.24, 2.45) is 11.7 Å². The summed E-state index contributed by atoms with van der Waals surface area (Å²) >= 11 is 0. The van der Waals surface area contributed by atoms with Crippen LogP contribution in [0.2, 0.25) is 0 Å². The average molecular weight is 312 g/mol. The summed E-state index contributed by atoms with van der Waals surface area (Å²) in [5.74, 6) is 0.569. The maximum absolute atomic E-state index is 12.8. The minimum Gasteiger partial charge on any atom is -0.334 e. The van der Waals surface area contributed by atoms with Crippen molar-refractivity contribution in [1.29, 1.82) is 0 Å². The number of nitrogens with zero attached hydrogens (tertiary/aromatic N) is 3. The average Bonchev–Trinajstić information content (AvgIpc) is 3.07. The molecule has 1 amide bonds. The second-order valence-electron chi connectivity index (χ2n) is 6.35. The Morgan fingerprint density at radius 1 is 1.35 bits per heavy atom. The van der Waals surface area contributed by atoms with Gasteiger partial charge in [-0.15, -0.1) is 0 Å². The van der Waals surface area contributed by atoms with E-state index in [-0.39, 0.29) is 11.9 Å². The number of piperidine rings is 1. The summed E-state index contributed by atoms with van der Waals surface area (Å²) in [5, 5.41) is 0. The Kier molecular flexibility index (Phi) is 4.76. The molecule has 122 valence electrons. The van der Waals surface area contributed by atoms with Crippen molar-refractivity contribution in [3.63, 3.8) is 0 Å². The Morgan fingerprint density at radius 2 is 2.13 bits per heavy atom. The van der Waals surface area contributed by atoms with Crippen molar-refractivity contribution in [3.05, 3.63) is 54.1 Å². The van der Waals surface area contributed by atoms with Gasteiger partial charge >= 0.3 is 0 Å². The van der Waals surface area contributed by atoms with Crippen LogP contribution in [0.5, 0.6) is 0 Å². The van der Waals surface area contributed by atoms with Crippen LogP contribution in [-0.2, 0) is 6.54 Å². The van der Waals surface area contributed by atoms with Gasteiger partial charge in [-0.05, 0) is 36.5 Å². The molecule has 5 heteroatoms. The van der Waals surface area contributed by atoms with Gasteiger partial charge in [0, 0.05) is 43.6 Å². The van der Waals surface area contributed by atoms with E-state index in [1.807, 2.05) is 39.9 Å². The van der Waals surface area contributed by atoms with Crippen LogP contribution in [0.3, 0.4) is 0 Å². The van der Waals surface area contributed by atoms with E-state index in [4.69, 9.17) is 5.73 Å². The molecule has 2 heterocycles. The van der Waals surface area contributed by atoms with Gasteiger partial charge in [-0.1, -0.05) is 19.1 Å². The molecule has 0 bridgehead atoms. The standard InChI is InChI=1S/C18H24N4O/c1-14-3-2-9-22(17(14)11-19)18(23)16-6-4-15(5-7-16)12-21-10-8-20-13-21/h4-8,10,13-14,17H,2-3,9,11-12,19H2,1H3. The summed E-state index contributed by atoms with van der Waals surface area (Å²) in [6.45, 7) is 4.29.